The number of anilines is 1. The lowest BCUT2D eigenvalue weighted by Gasteiger charge is -2.02. The van der Waals surface area contributed by atoms with Crippen molar-refractivity contribution in [2.24, 2.45) is 4.99 Å². The Balaban J connectivity index is 2.13. The summed E-state index contributed by atoms with van der Waals surface area (Å²) in [5.74, 6) is -0.372. The molecule has 6 nitrogen and oxygen atoms in total. The van der Waals surface area contributed by atoms with Gasteiger partial charge in [0.15, 0.2) is 0 Å². The van der Waals surface area contributed by atoms with E-state index in [2.05, 4.69) is 26.2 Å². The van der Waals surface area contributed by atoms with Gasteiger partial charge in [0, 0.05) is 22.2 Å². The smallest absolute Gasteiger partial charge is 0.275 e. The number of benzene rings is 2. The van der Waals surface area contributed by atoms with Gasteiger partial charge in [-0.25, -0.2) is 4.99 Å². The molecule has 110 valence electrons. The lowest BCUT2D eigenvalue weighted by molar-refractivity contribution is -0.384. The quantitative estimate of drug-likeness (QED) is 0.654. The first-order chi connectivity index (χ1) is 10.5. The number of rotatable bonds is 2. The summed E-state index contributed by atoms with van der Waals surface area (Å²) >= 11 is 3.40. The second-order valence-corrected chi connectivity index (χ2v) is 5.71. The van der Waals surface area contributed by atoms with E-state index in [-0.39, 0.29) is 17.3 Å². The number of carbonyl (C=O) groups excluding carboxylic acids is 1. The van der Waals surface area contributed by atoms with Gasteiger partial charge >= 0.3 is 0 Å². The van der Waals surface area contributed by atoms with Gasteiger partial charge in [0.25, 0.3) is 11.6 Å². The Hall–Kier alpha value is -2.54. The van der Waals surface area contributed by atoms with Crippen LogP contribution in [0.4, 0.5) is 17.1 Å². The van der Waals surface area contributed by atoms with Crippen molar-refractivity contribution in [3.63, 3.8) is 0 Å². The Labute approximate surface area is 134 Å². The van der Waals surface area contributed by atoms with E-state index in [1.54, 1.807) is 6.07 Å². The fourth-order valence-corrected chi connectivity index (χ4v) is 2.77. The molecule has 1 aliphatic rings. The maximum atomic E-state index is 12.1. The molecule has 22 heavy (non-hydrogen) atoms. The van der Waals surface area contributed by atoms with Gasteiger partial charge in [-0.3, -0.25) is 14.9 Å². The highest BCUT2D eigenvalue weighted by molar-refractivity contribution is 9.10. The number of nitrogens with zero attached hydrogens (tertiary/aromatic N) is 2. The zero-order chi connectivity index (χ0) is 15.9. The van der Waals surface area contributed by atoms with E-state index in [9.17, 15) is 14.9 Å². The molecule has 0 aromatic heterocycles. The zero-order valence-corrected chi connectivity index (χ0v) is 13.0. The van der Waals surface area contributed by atoms with E-state index >= 15 is 0 Å². The Morgan fingerprint density at radius 2 is 2.00 bits per heavy atom. The number of nitro groups is 1. The van der Waals surface area contributed by atoms with E-state index in [0.717, 1.165) is 10.0 Å². The highest BCUT2D eigenvalue weighted by Gasteiger charge is 2.28. The third-order valence-corrected chi connectivity index (χ3v) is 3.90. The summed E-state index contributed by atoms with van der Waals surface area (Å²) in [4.78, 5) is 26.8. The van der Waals surface area contributed by atoms with E-state index in [4.69, 9.17) is 0 Å². The van der Waals surface area contributed by atoms with Gasteiger partial charge in [-0.1, -0.05) is 6.07 Å². The number of carbonyl (C=O) groups is 1. The van der Waals surface area contributed by atoms with Gasteiger partial charge in [0.05, 0.1) is 16.3 Å². The Bertz CT molecular complexity index is 846. The lowest BCUT2D eigenvalue weighted by atomic mass is 10.1. The Kier molecular flexibility index (Phi) is 3.50. The fourth-order valence-electron chi connectivity index (χ4n) is 2.19. The second-order valence-electron chi connectivity index (χ2n) is 4.86. The minimum atomic E-state index is -0.498. The molecule has 2 aromatic rings. The number of hydrogen-bond donors (Lipinski definition) is 1. The molecule has 1 heterocycles. The summed E-state index contributed by atoms with van der Waals surface area (Å²) in [5, 5.41) is 13.5. The van der Waals surface area contributed by atoms with Crippen LogP contribution in [0.15, 0.2) is 45.9 Å². The second kappa shape index (κ2) is 5.34. The minimum Gasteiger partial charge on any atom is -0.320 e. The number of aliphatic imine (C=N–C) groups is 1. The summed E-state index contributed by atoms with van der Waals surface area (Å²) in [6.07, 6.45) is 0. The highest BCUT2D eigenvalue weighted by atomic mass is 79.9. The number of halogens is 1. The molecule has 0 spiro atoms. The van der Waals surface area contributed by atoms with Crippen LogP contribution in [0.2, 0.25) is 0 Å². The molecule has 3 rings (SSSR count). The van der Waals surface area contributed by atoms with Crippen molar-refractivity contribution >= 4 is 44.6 Å². The van der Waals surface area contributed by atoms with Crippen LogP contribution in [0.1, 0.15) is 11.1 Å². The minimum absolute atomic E-state index is 0.0779. The SMILES string of the molecule is Cc1ccc(N=C2C(=O)Nc3ccc([N+](=O)[O-])cc32)c(Br)c1. The van der Waals surface area contributed by atoms with Crippen molar-refractivity contribution in [3.8, 4) is 0 Å². The van der Waals surface area contributed by atoms with Crippen LogP contribution in [-0.4, -0.2) is 16.5 Å². The molecular formula is C15H10BrN3O3. The first-order valence-corrected chi connectivity index (χ1v) is 7.20. The monoisotopic (exact) mass is 359 g/mol. The van der Waals surface area contributed by atoms with Gasteiger partial charge in [0.1, 0.15) is 5.71 Å². The molecule has 0 unspecified atom stereocenters. The third kappa shape index (κ3) is 2.50. The number of fused-ring (bicyclic) bond motifs is 1. The molecule has 0 atom stereocenters. The Morgan fingerprint density at radius 1 is 1.23 bits per heavy atom. The number of nitro benzene ring substituents is 1. The van der Waals surface area contributed by atoms with Crippen LogP contribution < -0.4 is 5.32 Å². The van der Waals surface area contributed by atoms with Crippen molar-refractivity contribution in [1.29, 1.82) is 0 Å². The maximum absolute atomic E-state index is 12.1. The predicted octanol–water partition coefficient (Wildman–Crippen LogP) is 3.74. The number of aryl methyl sites for hydroxylation is 1. The van der Waals surface area contributed by atoms with Crippen molar-refractivity contribution in [2.45, 2.75) is 6.92 Å². The van der Waals surface area contributed by atoms with Gasteiger partial charge in [0.2, 0.25) is 0 Å². The number of nitrogens with one attached hydrogen (secondary N) is 1. The summed E-state index contributed by atoms with van der Waals surface area (Å²) in [6.45, 7) is 1.95. The molecule has 0 saturated heterocycles. The third-order valence-electron chi connectivity index (χ3n) is 3.27. The van der Waals surface area contributed by atoms with Crippen LogP contribution >= 0.6 is 15.9 Å². The molecule has 0 radical (unpaired) electrons. The first kappa shape index (κ1) is 14.4. The summed E-state index contributed by atoms with van der Waals surface area (Å²) in [7, 11) is 0. The molecule has 0 bridgehead atoms. The van der Waals surface area contributed by atoms with Crippen LogP contribution in [0.5, 0.6) is 0 Å². The van der Waals surface area contributed by atoms with Gasteiger partial charge in [-0.2, -0.15) is 0 Å². The predicted molar refractivity (Wildman–Crippen MR) is 86.8 cm³/mol. The summed E-state index contributed by atoms with van der Waals surface area (Å²) in [5.41, 5.74) is 2.70. The zero-order valence-electron chi connectivity index (χ0n) is 11.5. The normalized spacial score (nSPS) is 14.8. The first-order valence-electron chi connectivity index (χ1n) is 6.41. The van der Waals surface area contributed by atoms with Gasteiger partial charge in [-0.05, 0) is 46.6 Å². The average Bonchev–Trinajstić information content (AvgIpc) is 2.77. The molecule has 1 amide bonds. The average molecular weight is 360 g/mol. The molecule has 7 heteroatoms. The van der Waals surface area contributed by atoms with Crippen LogP contribution in [0.3, 0.4) is 0 Å². The number of hydrogen-bond acceptors (Lipinski definition) is 4. The molecule has 0 saturated carbocycles. The number of amides is 1. The van der Waals surface area contributed by atoms with E-state index in [0.29, 0.717) is 16.9 Å². The molecule has 1 aliphatic heterocycles. The molecule has 0 fully saturated rings. The van der Waals surface area contributed by atoms with Crippen LogP contribution in [0.25, 0.3) is 0 Å². The van der Waals surface area contributed by atoms with E-state index in [1.165, 1.54) is 18.2 Å². The van der Waals surface area contributed by atoms with Crippen LogP contribution in [-0.2, 0) is 4.79 Å². The van der Waals surface area contributed by atoms with Crippen molar-refractivity contribution in [1.82, 2.24) is 0 Å². The van der Waals surface area contributed by atoms with E-state index < -0.39 is 4.92 Å². The largest absolute Gasteiger partial charge is 0.320 e. The summed E-state index contributed by atoms with van der Waals surface area (Å²) in [6, 6.07) is 9.77. The van der Waals surface area contributed by atoms with Gasteiger partial charge < -0.3 is 5.32 Å². The molecular weight excluding hydrogens is 350 g/mol. The maximum Gasteiger partial charge on any atom is 0.275 e. The van der Waals surface area contributed by atoms with Crippen molar-refractivity contribution < 1.29 is 9.72 Å². The standard InChI is InChI=1S/C15H10BrN3O3/c1-8-2-4-13(11(16)6-8)17-14-10-7-9(19(21)22)3-5-12(10)18-15(14)20/h2-7H,1H3,(H,17,18,20). The van der Waals surface area contributed by atoms with Gasteiger partial charge in [-0.15, -0.1) is 0 Å². The highest BCUT2D eigenvalue weighted by Crippen LogP contribution is 2.32. The lowest BCUT2D eigenvalue weighted by Crippen LogP contribution is -2.14. The topological polar surface area (TPSA) is 84.6 Å². The Morgan fingerprint density at radius 3 is 2.68 bits per heavy atom. The fraction of sp³-hybridized carbons (Fsp3) is 0.0667. The molecule has 0 aliphatic carbocycles. The van der Waals surface area contributed by atoms with Crippen molar-refractivity contribution in [2.75, 3.05) is 5.32 Å². The van der Waals surface area contributed by atoms with Crippen molar-refractivity contribution in [3.05, 3.63) is 62.1 Å². The molecule has 2 aromatic carbocycles. The molecule has 1 N–H and O–H groups in total. The number of non-ortho nitro benzene ring substituents is 1. The van der Waals surface area contributed by atoms with E-state index in [1.807, 2.05) is 19.1 Å². The van der Waals surface area contributed by atoms with Crippen LogP contribution in [0, 0.1) is 17.0 Å². The summed E-state index contributed by atoms with van der Waals surface area (Å²) < 4.78 is 0.756.